The maximum absolute atomic E-state index is 2.18. The van der Waals surface area contributed by atoms with Crippen LogP contribution in [0.4, 0.5) is 0 Å². The highest BCUT2D eigenvalue weighted by Gasteiger charge is 1.79. The van der Waals surface area contributed by atoms with Crippen LogP contribution in [0.2, 0.25) is 0 Å². The van der Waals surface area contributed by atoms with Crippen molar-refractivity contribution in [3.05, 3.63) is 35.4 Å². The molecule has 0 heteroatoms. The normalized spacial score (nSPS) is 7.30. The van der Waals surface area contributed by atoms with Crippen LogP contribution in [0.15, 0.2) is 24.3 Å². The van der Waals surface area contributed by atoms with E-state index in [-0.39, 0.29) is 0 Å². The molecule has 0 nitrogen and oxygen atoms in total. The first-order valence-corrected chi connectivity index (χ1v) is 8.56. The number of unbranched alkanes of at least 4 members (excludes halogenated alkanes) is 1. The second-order valence-electron chi connectivity index (χ2n) is 4.57. The standard InChI is InChI=1S/C8H10.C4H10.2C3H8.C2H6/c1-7-3-5-8(2)6-4-7;1-3-4-2;2*1-3-2;1-2/h3-6H,1-2H3;3-4H2,1-2H3;2*3H2,1-2H3;1-2H3. The Labute approximate surface area is 131 Å². The lowest BCUT2D eigenvalue weighted by atomic mass is 10.2. The number of hydrogen-bond acceptors (Lipinski definition) is 0. The Bertz CT molecular complexity index is 183. The highest BCUT2D eigenvalue weighted by atomic mass is 13.9. The van der Waals surface area contributed by atoms with Gasteiger partial charge in [0.05, 0.1) is 0 Å². The Morgan fingerprint density at radius 1 is 0.550 bits per heavy atom. The largest absolute Gasteiger partial charge is 0.0683 e. The predicted octanol–water partition coefficient (Wildman–Crippen LogP) is 7.97. The summed E-state index contributed by atoms with van der Waals surface area (Å²) in [5.41, 5.74) is 2.66. The first-order chi connectivity index (χ1) is 9.53. The highest BCUT2D eigenvalue weighted by Crippen LogP contribution is 1.99. The molecular weight excluding hydrogens is 240 g/mol. The average Bonchev–Trinajstić information content (AvgIpc) is 2.46. The van der Waals surface area contributed by atoms with Gasteiger partial charge in [-0.05, 0) is 13.8 Å². The SMILES string of the molecule is CC.CCC.CCC.CCCC.Cc1ccc(C)cc1. The molecule has 0 saturated carbocycles. The van der Waals surface area contributed by atoms with Crippen molar-refractivity contribution in [3.63, 3.8) is 0 Å². The Morgan fingerprint density at radius 3 is 0.800 bits per heavy atom. The van der Waals surface area contributed by atoms with Gasteiger partial charge >= 0.3 is 0 Å². The summed E-state index contributed by atoms with van der Waals surface area (Å²) < 4.78 is 0. The van der Waals surface area contributed by atoms with E-state index in [0.29, 0.717) is 0 Å². The zero-order valence-electron chi connectivity index (χ0n) is 16.1. The number of hydrogen-bond donors (Lipinski definition) is 0. The molecule has 0 aliphatic heterocycles. The van der Waals surface area contributed by atoms with Gasteiger partial charge in [0.1, 0.15) is 0 Å². The molecule has 0 saturated heterocycles. The maximum atomic E-state index is 2.18. The van der Waals surface area contributed by atoms with Gasteiger partial charge in [-0.15, -0.1) is 0 Å². The lowest BCUT2D eigenvalue weighted by Gasteiger charge is -1.90. The molecule has 0 bridgehead atoms. The molecule has 0 radical (unpaired) electrons. The van der Waals surface area contributed by atoms with Crippen LogP contribution >= 0.6 is 0 Å². The summed E-state index contributed by atoms with van der Waals surface area (Å²) in [6.07, 6.45) is 5.14. The predicted molar refractivity (Wildman–Crippen MR) is 99.8 cm³/mol. The summed E-state index contributed by atoms with van der Waals surface area (Å²) in [5, 5.41) is 0. The topological polar surface area (TPSA) is 0 Å². The van der Waals surface area contributed by atoms with Gasteiger partial charge in [-0.3, -0.25) is 0 Å². The summed E-state index contributed by atoms with van der Waals surface area (Å²) in [7, 11) is 0. The van der Waals surface area contributed by atoms with Crippen LogP contribution in [-0.4, -0.2) is 0 Å². The van der Waals surface area contributed by atoms with Crippen LogP contribution in [0.3, 0.4) is 0 Å². The lowest BCUT2D eigenvalue weighted by Crippen LogP contribution is -1.70. The van der Waals surface area contributed by atoms with E-state index in [9.17, 15) is 0 Å². The fourth-order valence-electron chi connectivity index (χ4n) is 0.637. The summed E-state index contributed by atoms with van der Waals surface area (Å²) in [5.74, 6) is 0. The molecule has 0 heterocycles. The molecule has 0 atom stereocenters. The van der Waals surface area contributed by atoms with Gasteiger partial charge in [-0.2, -0.15) is 0 Å². The summed E-state index contributed by atoms with van der Waals surface area (Å²) >= 11 is 0. The third-order valence-corrected chi connectivity index (χ3v) is 1.72. The van der Waals surface area contributed by atoms with E-state index in [4.69, 9.17) is 0 Å². The van der Waals surface area contributed by atoms with E-state index >= 15 is 0 Å². The van der Waals surface area contributed by atoms with E-state index in [2.05, 4.69) is 79.7 Å². The Hall–Kier alpha value is -0.780. The van der Waals surface area contributed by atoms with Crippen LogP contribution < -0.4 is 0 Å². The van der Waals surface area contributed by atoms with Crippen LogP contribution in [0.25, 0.3) is 0 Å². The van der Waals surface area contributed by atoms with Crippen molar-refractivity contribution in [1.82, 2.24) is 0 Å². The maximum Gasteiger partial charge on any atom is -0.0398 e. The molecule has 1 aromatic carbocycles. The molecule has 0 fully saturated rings. The van der Waals surface area contributed by atoms with Gasteiger partial charge in [0.15, 0.2) is 0 Å². The smallest absolute Gasteiger partial charge is 0.0398 e. The van der Waals surface area contributed by atoms with Crippen molar-refractivity contribution >= 4 is 0 Å². The van der Waals surface area contributed by atoms with Crippen molar-refractivity contribution < 1.29 is 0 Å². The minimum atomic E-state index is 1.25. The van der Waals surface area contributed by atoms with Gasteiger partial charge in [0, 0.05) is 0 Å². The molecule has 0 aromatic heterocycles. The van der Waals surface area contributed by atoms with Crippen LogP contribution in [0, 0.1) is 13.8 Å². The van der Waals surface area contributed by atoms with Gasteiger partial charge in [0.2, 0.25) is 0 Å². The van der Waals surface area contributed by atoms with Crippen molar-refractivity contribution in [3.8, 4) is 0 Å². The zero-order valence-corrected chi connectivity index (χ0v) is 16.1. The molecule has 0 aliphatic rings. The van der Waals surface area contributed by atoms with Gasteiger partial charge in [0.25, 0.3) is 0 Å². The third kappa shape index (κ3) is 43.4. The molecule has 0 aliphatic carbocycles. The van der Waals surface area contributed by atoms with Crippen molar-refractivity contribution in [2.75, 3.05) is 0 Å². The van der Waals surface area contributed by atoms with Crippen molar-refractivity contribution in [2.45, 2.75) is 94.9 Å². The molecule has 0 unspecified atom stereocenters. The number of rotatable bonds is 1. The summed E-state index contributed by atoms with van der Waals surface area (Å²) in [6, 6.07) is 8.48. The average molecular weight is 283 g/mol. The van der Waals surface area contributed by atoms with Gasteiger partial charge < -0.3 is 0 Å². The first kappa shape index (κ1) is 27.5. The Morgan fingerprint density at radius 2 is 0.700 bits per heavy atom. The van der Waals surface area contributed by atoms with E-state index in [1.807, 2.05) is 13.8 Å². The first-order valence-electron chi connectivity index (χ1n) is 8.56. The molecule has 0 spiro atoms. The molecule has 0 N–H and O–H groups in total. The van der Waals surface area contributed by atoms with Crippen LogP contribution in [0.5, 0.6) is 0 Å². The Kier molecular flexibility index (Phi) is 42.6. The zero-order chi connectivity index (χ0) is 16.8. The lowest BCUT2D eigenvalue weighted by molar-refractivity contribution is 0.886. The number of benzene rings is 1. The molecule has 20 heavy (non-hydrogen) atoms. The molecule has 0 amide bonds. The number of aryl methyl sites for hydroxylation is 2. The van der Waals surface area contributed by atoms with E-state index in [1.54, 1.807) is 0 Å². The molecule has 1 rings (SSSR count). The minimum Gasteiger partial charge on any atom is -0.0683 e. The van der Waals surface area contributed by atoms with Crippen LogP contribution in [-0.2, 0) is 0 Å². The van der Waals surface area contributed by atoms with Crippen LogP contribution in [0.1, 0.15) is 92.2 Å². The highest BCUT2D eigenvalue weighted by molar-refractivity contribution is 5.19. The van der Waals surface area contributed by atoms with Crippen molar-refractivity contribution in [2.24, 2.45) is 0 Å². The quantitative estimate of drug-likeness (QED) is 0.490. The summed E-state index contributed by atoms with van der Waals surface area (Å²) in [6.45, 7) is 21.1. The van der Waals surface area contributed by atoms with E-state index < -0.39 is 0 Å². The Balaban J connectivity index is -0.0000000916. The van der Waals surface area contributed by atoms with Crippen molar-refractivity contribution in [1.29, 1.82) is 0 Å². The van der Waals surface area contributed by atoms with E-state index in [0.717, 1.165) is 0 Å². The van der Waals surface area contributed by atoms with Gasteiger partial charge in [-0.1, -0.05) is 116 Å². The minimum absolute atomic E-state index is 1.25. The molecular formula is C20H42. The fraction of sp³-hybridized carbons (Fsp3) is 0.700. The molecule has 1 aromatic rings. The van der Waals surface area contributed by atoms with Gasteiger partial charge in [-0.25, -0.2) is 0 Å². The second-order valence-corrected chi connectivity index (χ2v) is 4.57. The molecule has 122 valence electrons. The summed E-state index contributed by atoms with van der Waals surface area (Å²) in [4.78, 5) is 0. The second kappa shape index (κ2) is 30.9. The fourth-order valence-corrected chi connectivity index (χ4v) is 0.637. The van der Waals surface area contributed by atoms with E-state index in [1.165, 1.54) is 36.8 Å². The third-order valence-electron chi connectivity index (χ3n) is 1.72. The monoisotopic (exact) mass is 282 g/mol.